The Kier molecular flexibility index (Phi) is 4.50. The van der Waals surface area contributed by atoms with Gasteiger partial charge in [-0.1, -0.05) is 56.1 Å². The molecule has 140 valence electrons. The minimum atomic E-state index is -0.952. The van der Waals surface area contributed by atoms with E-state index in [4.69, 9.17) is 4.74 Å². The lowest BCUT2D eigenvalue weighted by Crippen LogP contribution is -2.55. The molecule has 2 aromatic carbocycles. The van der Waals surface area contributed by atoms with Gasteiger partial charge in [0.15, 0.2) is 6.04 Å². The lowest BCUT2D eigenvalue weighted by atomic mass is 10.0. The van der Waals surface area contributed by atoms with Crippen LogP contribution in [-0.2, 0) is 9.53 Å². The van der Waals surface area contributed by atoms with E-state index < -0.39 is 16.8 Å². The molecule has 27 heavy (non-hydrogen) atoms. The van der Waals surface area contributed by atoms with Crippen molar-refractivity contribution in [3.05, 3.63) is 57.1 Å². The predicted molar refractivity (Wildman–Crippen MR) is 111 cm³/mol. The average Bonchev–Trinajstić information content (AvgIpc) is 2.68. The SMILES string of the molecule is COC(=O)[C@@H]1[C@H](Br)[C@@H](Br)[C@H](C)n2c(=O)c3cc4ccccc4cc3c(=O)n21. The van der Waals surface area contributed by atoms with Gasteiger partial charge in [0.05, 0.1) is 33.6 Å². The van der Waals surface area contributed by atoms with Crippen LogP contribution in [0.4, 0.5) is 0 Å². The van der Waals surface area contributed by atoms with Crippen LogP contribution in [-0.4, -0.2) is 32.1 Å². The van der Waals surface area contributed by atoms with Gasteiger partial charge in [0, 0.05) is 0 Å². The molecule has 0 N–H and O–H groups in total. The van der Waals surface area contributed by atoms with E-state index in [0.717, 1.165) is 10.8 Å². The number of ether oxygens (including phenoxy) is 1. The van der Waals surface area contributed by atoms with Gasteiger partial charge in [-0.15, -0.1) is 0 Å². The molecule has 0 spiro atoms. The van der Waals surface area contributed by atoms with E-state index >= 15 is 0 Å². The Hall–Kier alpha value is -1.93. The Balaban J connectivity index is 2.18. The number of hydrogen-bond acceptors (Lipinski definition) is 4. The van der Waals surface area contributed by atoms with Crippen molar-refractivity contribution in [3.63, 3.8) is 0 Å². The lowest BCUT2D eigenvalue weighted by Gasteiger charge is -2.38. The van der Waals surface area contributed by atoms with Gasteiger partial charge in [-0.25, -0.2) is 14.2 Å². The highest BCUT2D eigenvalue weighted by Crippen LogP contribution is 2.37. The molecule has 1 aliphatic heterocycles. The van der Waals surface area contributed by atoms with Crippen LogP contribution in [0.2, 0.25) is 0 Å². The Morgan fingerprint density at radius 1 is 0.963 bits per heavy atom. The van der Waals surface area contributed by atoms with E-state index in [1.807, 2.05) is 31.2 Å². The van der Waals surface area contributed by atoms with Crippen LogP contribution in [0.1, 0.15) is 19.0 Å². The van der Waals surface area contributed by atoms with Crippen LogP contribution in [0, 0.1) is 0 Å². The number of nitrogens with zero attached hydrogens (tertiary/aromatic N) is 2. The molecule has 0 saturated carbocycles. The summed E-state index contributed by atoms with van der Waals surface area (Å²) in [6.07, 6.45) is 0. The molecule has 0 aliphatic carbocycles. The molecular weight excluding hydrogens is 480 g/mol. The molecule has 2 heterocycles. The van der Waals surface area contributed by atoms with Crippen LogP contribution < -0.4 is 11.1 Å². The van der Waals surface area contributed by atoms with E-state index in [-0.39, 0.29) is 22.0 Å². The van der Waals surface area contributed by atoms with E-state index in [1.165, 1.54) is 16.5 Å². The predicted octanol–water partition coefficient (Wildman–Crippen LogP) is 3.13. The van der Waals surface area contributed by atoms with Gasteiger partial charge < -0.3 is 4.74 Å². The summed E-state index contributed by atoms with van der Waals surface area (Å²) in [7, 11) is 1.27. The second kappa shape index (κ2) is 6.60. The summed E-state index contributed by atoms with van der Waals surface area (Å²) in [5, 5.41) is 2.38. The lowest BCUT2D eigenvalue weighted by molar-refractivity contribution is -0.146. The number of halogens is 2. The first kappa shape index (κ1) is 18.4. The highest BCUT2D eigenvalue weighted by molar-refractivity contribution is 9.12. The van der Waals surface area contributed by atoms with E-state index in [0.29, 0.717) is 10.8 Å². The summed E-state index contributed by atoms with van der Waals surface area (Å²) in [5.74, 6) is -0.580. The van der Waals surface area contributed by atoms with Crippen molar-refractivity contribution in [1.82, 2.24) is 9.36 Å². The van der Waals surface area contributed by atoms with Crippen molar-refractivity contribution < 1.29 is 9.53 Å². The number of aromatic nitrogens is 2. The number of carbonyl (C=O) groups excluding carboxylic acids is 1. The monoisotopic (exact) mass is 494 g/mol. The molecule has 1 aliphatic rings. The number of fused-ring (bicyclic) bond motifs is 3. The highest BCUT2D eigenvalue weighted by atomic mass is 79.9. The zero-order chi connectivity index (χ0) is 19.5. The molecule has 6 nitrogen and oxygen atoms in total. The summed E-state index contributed by atoms with van der Waals surface area (Å²) in [6.45, 7) is 1.84. The Labute approximate surface area is 171 Å². The first-order valence-corrected chi connectivity index (χ1v) is 10.3. The van der Waals surface area contributed by atoms with Gasteiger partial charge in [-0.2, -0.15) is 0 Å². The Bertz CT molecular complexity index is 1200. The normalized spacial score (nSPS) is 24.7. The second-order valence-electron chi connectivity index (χ2n) is 6.64. The summed E-state index contributed by atoms with van der Waals surface area (Å²) in [4.78, 5) is 38.5. The van der Waals surface area contributed by atoms with E-state index in [1.54, 1.807) is 12.1 Å². The van der Waals surface area contributed by atoms with Crippen molar-refractivity contribution in [2.24, 2.45) is 0 Å². The largest absolute Gasteiger partial charge is 0.467 e. The van der Waals surface area contributed by atoms with Crippen molar-refractivity contribution in [2.75, 3.05) is 7.11 Å². The van der Waals surface area contributed by atoms with Gasteiger partial charge in [0.2, 0.25) is 0 Å². The zero-order valence-electron chi connectivity index (χ0n) is 14.6. The fourth-order valence-corrected chi connectivity index (χ4v) is 5.13. The van der Waals surface area contributed by atoms with Crippen LogP contribution in [0.15, 0.2) is 46.0 Å². The van der Waals surface area contributed by atoms with Gasteiger partial charge >= 0.3 is 5.97 Å². The molecule has 4 atom stereocenters. The van der Waals surface area contributed by atoms with E-state index in [9.17, 15) is 14.4 Å². The van der Waals surface area contributed by atoms with Crippen molar-refractivity contribution in [3.8, 4) is 0 Å². The molecule has 0 unspecified atom stereocenters. The quantitative estimate of drug-likeness (QED) is 0.295. The molecule has 0 bridgehead atoms. The van der Waals surface area contributed by atoms with Crippen LogP contribution in [0.25, 0.3) is 21.5 Å². The molecule has 1 aromatic heterocycles. The number of alkyl halides is 2. The second-order valence-corrected chi connectivity index (χ2v) is 8.76. The molecule has 4 rings (SSSR count). The summed E-state index contributed by atoms with van der Waals surface area (Å²) >= 11 is 7.07. The zero-order valence-corrected chi connectivity index (χ0v) is 17.7. The molecule has 3 aromatic rings. The number of methoxy groups -OCH3 is 1. The summed E-state index contributed by atoms with van der Waals surface area (Å²) in [6, 6.07) is 9.71. The molecule has 0 radical (unpaired) electrons. The number of rotatable bonds is 1. The fraction of sp³-hybridized carbons (Fsp3) is 0.316. The topological polar surface area (TPSA) is 70.3 Å². The maximum absolute atomic E-state index is 13.4. The minimum absolute atomic E-state index is 0.239. The number of carbonyl (C=O) groups is 1. The van der Waals surface area contributed by atoms with E-state index in [2.05, 4.69) is 31.9 Å². The molecule has 0 fully saturated rings. The summed E-state index contributed by atoms with van der Waals surface area (Å²) in [5.41, 5.74) is -0.693. The third-order valence-electron chi connectivity index (χ3n) is 5.15. The van der Waals surface area contributed by atoms with Crippen molar-refractivity contribution in [1.29, 1.82) is 0 Å². The van der Waals surface area contributed by atoms with Crippen LogP contribution in [0.3, 0.4) is 0 Å². The Morgan fingerprint density at radius 3 is 2.00 bits per heavy atom. The number of benzene rings is 2. The van der Waals surface area contributed by atoms with Gasteiger partial charge in [0.1, 0.15) is 0 Å². The van der Waals surface area contributed by atoms with Crippen molar-refractivity contribution in [2.45, 2.75) is 28.7 Å². The number of hydrogen-bond donors (Lipinski definition) is 0. The third kappa shape index (κ3) is 2.61. The smallest absolute Gasteiger partial charge is 0.331 e. The summed E-state index contributed by atoms with van der Waals surface area (Å²) < 4.78 is 7.53. The maximum Gasteiger partial charge on any atom is 0.331 e. The molecule has 0 amide bonds. The number of esters is 1. The third-order valence-corrected chi connectivity index (χ3v) is 8.27. The maximum atomic E-state index is 13.4. The van der Waals surface area contributed by atoms with Crippen LogP contribution >= 0.6 is 31.9 Å². The van der Waals surface area contributed by atoms with Crippen LogP contribution in [0.5, 0.6) is 0 Å². The fourth-order valence-electron chi connectivity index (χ4n) is 3.74. The highest BCUT2D eigenvalue weighted by Gasteiger charge is 2.44. The Morgan fingerprint density at radius 2 is 1.48 bits per heavy atom. The van der Waals surface area contributed by atoms with Gasteiger partial charge in [-0.05, 0) is 29.8 Å². The van der Waals surface area contributed by atoms with Gasteiger partial charge in [-0.3, -0.25) is 9.59 Å². The first-order valence-electron chi connectivity index (χ1n) is 8.42. The van der Waals surface area contributed by atoms with Gasteiger partial charge in [0.25, 0.3) is 11.1 Å². The molecular formula is C19H16Br2N2O4. The van der Waals surface area contributed by atoms with Crippen molar-refractivity contribution >= 4 is 59.4 Å². The molecule has 8 heteroatoms. The average molecular weight is 496 g/mol. The standard InChI is InChI=1S/C19H16Br2N2O4/c1-9-14(20)15(21)16(19(26)27-2)23-18(25)13-8-11-6-4-3-5-10(11)7-12(13)17(24)22(9)23/h3-9,14-16H,1-2H3/t9-,14-,15+,16-/m0/s1. The molecule has 0 saturated heterocycles. The first-order chi connectivity index (χ1) is 12.9. The minimum Gasteiger partial charge on any atom is -0.467 e.